The minimum atomic E-state index is -1.27. The number of hydrogen-bond donors (Lipinski definition) is 1. The molecule has 1 fully saturated rings. The summed E-state index contributed by atoms with van der Waals surface area (Å²) in [5, 5.41) is 22.3. The molecule has 1 saturated heterocycles. The Morgan fingerprint density at radius 1 is 0.953 bits per heavy atom. The number of carbonyl (C=O) groups is 2. The Kier molecular flexibility index (Phi) is 7.04. The van der Waals surface area contributed by atoms with Crippen LogP contribution in [-0.4, -0.2) is 40.2 Å². The summed E-state index contributed by atoms with van der Waals surface area (Å²) in [5.74, 6) is -1.49. The van der Waals surface area contributed by atoms with Crippen molar-refractivity contribution >= 4 is 56.5 Å². The predicted molar refractivity (Wildman–Crippen MR) is 162 cm³/mol. The molecule has 11 heteroatoms. The first-order chi connectivity index (χ1) is 21.0. The zero-order valence-corrected chi connectivity index (χ0v) is 24.0. The van der Waals surface area contributed by atoms with Gasteiger partial charge in [-0.1, -0.05) is 83.8 Å². The van der Waals surface area contributed by atoms with Crippen LogP contribution in [-0.2, 0) is 15.3 Å². The number of aliphatic hydroxyl groups excluding tert-OH is 1. The summed E-state index contributed by atoms with van der Waals surface area (Å²) in [5.41, 5.74) is 1.13. The van der Waals surface area contributed by atoms with Crippen LogP contribution in [0.15, 0.2) is 94.8 Å². The number of nitrogens with zero attached hydrogens (tertiary/aromatic N) is 3. The highest BCUT2D eigenvalue weighted by Crippen LogP contribution is 2.45. The van der Waals surface area contributed by atoms with Gasteiger partial charge < -0.3 is 14.6 Å². The van der Waals surface area contributed by atoms with Gasteiger partial charge in [0, 0.05) is 16.9 Å². The first-order valence-corrected chi connectivity index (χ1v) is 15.2. The van der Waals surface area contributed by atoms with E-state index in [0.717, 1.165) is 32.6 Å². The molecule has 0 saturated carbocycles. The van der Waals surface area contributed by atoms with E-state index >= 15 is 4.39 Å². The molecule has 1 N–H and O–H groups in total. The zero-order valence-electron chi connectivity index (χ0n) is 22.4. The van der Waals surface area contributed by atoms with Gasteiger partial charge in [0.25, 0.3) is 5.78 Å². The second-order valence-corrected chi connectivity index (χ2v) is 12.0. The van der Waals surface area contributed by atoms with Gasteiger partial charge in [0.15, 0.2) is 15.8 Å². The number of ketones is 1. The molecule has 8 nitrogen and oxygen atoms in total. The summed E-state index contributed by atoms with van der Waals surface area (Å²) in [6.07, 6.45) is 0. The van der Waals surface area contributed by atoms with Crippen molar-refractivity contribution in [3.05, 3.63) is 113 Å². The van der Waals surface area contributed by atoms with E-state index in [1.807, 2.05) is 24.3 Å². The largest absolute Gasteiger partial charge is 0.507 e. The highest BCUT2D eigenvalue weighted by molar-refractivity contribution is 8.00. The van der Waals surface area contributed by atoms with Crippen LogP contribution in [0.5, 0.6) is 11.5 Å². The van der Waals surface area contributed by atoms with Gasteiger partial charge in [-0.25, -0.2) is 4.39 Å². The molecule has 1 amide bonds. The Labute approximate surface area is 253 Å². The van der Waals surface area contributed by atoms with Gasteiger partial charge in [0.1, 0.15) is 30.8 Å². The van der Waals surface area contributed by atoms with Crippen molar-refractivity contribution in [2.24, 2.45) is 0 Å². The fourth-order valence-electron chi connectivity index (χ4n) is 5.28. The Hall–Kier alpha value is -4.74. The molecule has 2 aliphatic heterocycles. The number of benzene rings is 4. The maximum Gasteiger partial charge on any atom is 0.301 e. The van der Waals surface area contributed by atoms with E-state index in [0.29, 0.717) is 34.8 Å². The minimum Gasteiger partial charge on any atom is -0.507 e. The molecule has 0 radical (unpaired) electrons. The fraction of sp³-hybridized carbons (Fsp3) is 0.125. The van der Waals surface area contributed by atoms with E-state index in [-0.39, 0.29) is 21.8 Å². The Balaban J connectivity index is 1.26. The van der Waals surface area contributed by atoms with Gasteiger partial charge in [-0.3, -0.25) is 14.5 Å². The molecule has 1 aromatic heterocycles. The quantitative estimate of drug-likeness (QED) is 0.0762. The monoisotopic (exact) mass is 611 g/mol. The summed E-state index contributed by atoms with van der Waals surface area (Å²) >= 11 is 2.57. The van der Waals surface area contributed by atoms with Crippen LogP contribution in [0.2, 0.25) is 0 Å². The molecular weight excluding hydrogens is 590 g/mol. The van der Waals surface area contributed by atoms with Crippen molar-refractivity contribution < 1.29 is 28.6 Å². The number of carbonyl (C=O) groups excluding carboxylic acids is 2. The second kappa shape index (κ2) is 11.2. The third-order valence-electron chi connectivity index (χ3n) is 7.29. The second-order valence-electron chi connectivity index (χ2n) is 9.83. The summed E-state index contributed by atoms with van der Waals surface area (Å²) in [6, 6.07) is 23.5. The molecule has 5 aromatic rings. The maximum absolute atomic E-state index is 15.3. The van der Waals surface area contributed by atoms with Crippen LogP contribution in [0.3, 0.4) is 0 Å². The topological polar surface area (TPSA) is 102 Å². The van der Waals surface area contributed by atoms with Crippen LogP contribution in [0.25, 0.3) is 16.5 Å². The lowest BCUT2D eigenvalue weighted by Gasteiger charge is -2.23. The number of ether oxygens (including phenoxy) is 2. The van der Waals surface area contributed by atoms with Gasteiger partial charge in [-0.05, 0) is 40.6 Å². The molecule has 0 unspecified atom stereocenters. The van der Waals surface area contributed by atoms with Crippen molar-refractivity contribution in [2.75, 3.05) is 18.1 Å². The van der Waals surface area contributed by atoms with Crippen molar-refractivity contribution in [2.45, 2.75) is 16.1 Å². The molecule has 0 bridgehead atoms. The summed E-state index contributed by atoms with van der Waals surface area (Å²) in [4.78, 5) is 28.1. The first-order valence-electron chi connectivity index (χ1n) is 13.4. The number of fused-ring (bicyclic) bond motifs is 2. The van der Waals surface area contributed by atoms with Gasteiger partial charge in [-0.15, -0.1) is 10.2 Å². The third-order valence-corrected chi connectivity index (χ3v) is 9.40. The highest BCUT2D eigenvalue weighted by Gasteiger charge is 2.49. The van der Waals surface area contributed by atoms with E-state index in [2.05, 4.69) is 28.4 Å². The first kappa shape index (κ1) is 27.1. The minimum absolute atomic E-state index is 0.0425. The predicted octanol–water partition coefficient (Wildman–Crippen LogP) is 6.52. The smallest absolute Gasteiger partial charge is 0.301 e. The Morgan fingerprint density at radius 3 is 2.58 bits per heavy atom. The average molecular weight is 612 g/mol. The molecule has 0 aliphatic carbocycles. The van der Waals surface area contributed by atoms with Crippen molar-refractivity contribution in [3.63, 3.8) is 0 Å². The number of rotatable bonds is 6. The average Bonchev–Trinajstić information content (AvgIpc) is 3.61. The molecule has 7 rings (SSSR count). The number of anilines is 1. The van der Waals surface area contributed by atoms with Gasteiger partial charge in [-0.2, -0.15) is 0 Å². The fourth-order valence-corrected chi connectivity index (χ4v) is 7.15. The van der Waals surface area contributed by atoms with E-state index in [9.17, 15) is 14.7 Å². The lowest BCUT2D eigenvalue weighted by Crippen LogP contribution is -2.29. The van der Waals surface area contributed by atoms with Gasteiger partial charge in [0.2, 0.25) is 5.13 Å². The number of Topliss-reactive ketones (excluding diaryl/α,β-unsaturated/α-hetero) is 1. The standard InChI is InChI=1S/C32H22FN3O5S2/c33-23-11-4-3-10-22(23)27-26(28(37)19-12-13-24-25(16-19)41-15-14-40-24)29(38)30(39)36(27)31-34-35-32(43-31)42-17-20-8-5-7-18-6-1-2-9-21(18)20/h1-13,16,27,37H,14-15,17H2/t27-/m0/s1. The van der Waals surface area contributed by atoms with E-state index < -0.39 is 29.3 Å². The molecule has 214 valence electrons. The van der Waals surface area contributed by atoms with Crippen LogP contribution in [0.4, 0.5) is 9.52 Å². The highest BCUT2D eigenvalue weighted by atomic mass is 32.2. The molecule has 2 aliphatic rings. The Bertz CT molecular complexity index is 1940. The van der Waals surface area contributed by atoms with Gasteiger partial charge >= 0.3 is 5.91 Å². The van der Waals surface area contributed by atoms with Crippen molar-refractivity contribution in [1.29, 1.82) is 0 Å². The van der Waals surface area contributed by atoms with Crippen LogP contribution in [0.1, 0.15) is 22.7 Å². The number of amides is 1. The number of hydrogen-bond acceptors (Lipinski definition) is 9. The summed E-state index contributed by atoms with van der Waals surface area (Å²) in [7, 11) is 0. The number of halogens is 1. The van der Waals surface area contributed by atoms with E-state index in [1.165, 1.54) is 36.0 Å². The summed E-state index contributed by atoms with van der Waals surface area (Å²) in [6.45, 7) is 0.718. The molecule has 3 heterocycles. The molecular formula is C32H22FN3O5S2. The molecule has 43 heavy (non-hydrogen) atoms. The zero-order chi connectivity index (χ0) is 29.5. The molecule has 1 atom stereocenters. The van der Waals surface area contributed by atoms with E-state index in [4.69, 9.17) is 9.47 Å². The van der Waals surface area contributed by atoms with E-state index in [1.54, 1.807) is 18.2 Å². The van der Waals surface area contributed by atoms with Crippen molar-refractivity contribution in [1.82, 2.24) is 10.2 Å². The lowest BCUT2D eigenvalue weighted by atomic mass is 9.95. The number of thioether (sulfide) groups is 1. The number of aromatic nitrogens is 2. The van der Waals surface area contributed by atoms with Gasteiger partial charge in [0.05, 0.1) is 5.57 Å². The van der Waals surface area contributed by atoms with Crippen LogP contribution in [0, 0.1) is 5.82 Å². The normalized spacial score (nSPS) is 17.5. The SMILES string of the molecule is O=C1C(=O)N(c2nnc(SCc3cccc4ccccc34)s2)[C@@H](c2ccccc2F)C1=C(O)c1ccc2c(c1)OCCO2. The third kappa shape index (κ3) is 4.90. The summed E-state index contributed by atoms with van der Waals surface area (Å²) < 4.78 is 27.0. The Morgan fingerprint density at radius 2 is 1.72 bits per heavy atom. The van der Waals surface area contributed by atoms with Crippen LogP contribution >= 0.6 is 23.1 Å². The van der Waals surface area contributed by atoms with Crippen molar-refractivity contribution in [3.8, 4) is 11.5 Å². The molecule has 0 spiro atoms. The number of aliphatic hydroxyl groups is 1. The lowest BCUT2D eigenvalue weighted by molar-refractivity contribution is -0.132. The molecule has 4 aromatic carbocycles. The maximum atomic E-state index is 15.3. The van der Waals surface area contributed by atoms with Crippen LogP contribution < -0.4 is 14.4 Å².